The molecule has 0 aliphatic carbocycles. The molecule has 0 radical (unpaired) electrons. The lowest BCUT2D eigenvalue weighted by molar-refractivity contribution is -0.119. The minimum absolute atomic E-state index is 0.0216. The second-order valence-electron chi connectivity index (χ2n) is 7.02. The number of nitrogens with zero attached hydrogens (tertiary/aromatic N) is 2. The third kappa shape index (κ3) is 5.40. The number of aromatic nitrogens is 2. The highest BCUT2D eigenvalue weighted by molar-refractivity contribution is 7.99. The van der Waals surface area contributed by atoms with Crippen LogP contribution >= 0.6 is 23.1 Å². The lowest BCUT2D eigenvalue weighted by Gasteiger charge is -2.15. The summed E-state index contributed by atoms with van der Waals surface area (Å²) in [5.41, 5.74) is 0.610. The summed E-state index contributed by atoms with van der Waals surface area (Å²) in [6.45, 7) is -1.04. The monoisotopic (exact) mass is 487 g/mol. The Bertz CT molecular complexity index is 1310. The molecule has 6 nitrogen and oxygen atoms in total. The number of halogens is 2. The quantitative estimate of drug-likeness (QED) is 0.279. The van der Waals surface area contributed by atoms with Crippen molar-refractivity contribution in [3.05, 3.63) is 81.3 Å². The Morgan fingerprint density at radius 3 is 2.61 bits per heavy atom. The molecule has 4 rings (SSSR count). The van der Waals surface area contributed by atoms with Gasteiger partial charge >= 0.3 is 6.61 Å². The van der Waals surface area contributed by atoms with Crippen LogP contribution in [0.3, 0.4) is 0 Å². The number of nitrogens with one attached hydrogen (secondary N) is 1. The largest absolute Gasteiger partial charge is 0.435 e. The molecule has 2 heterocycles. The van der Waals surface area contributed by atoms with Crippen LogP contribution < -0.4 is 15.6 Å². The van der Waals surface area contributed by atoms with E-state index in [1.165, 1.54) is 28.8 Å². The number of fused-ring (bicyclic) bond motifs is 1. The van der Waals surface area contributed by atoms with Crippen LogP contribution in [-0.4, -0.2) is 27.8 Å². The first-order chi connectivity index (χ1) is 15.9. The molecule has 0 aliphatic rings. The molecule has 4 aromatic rings. The topological polar surface area (TPSA) is 73.2 Å². The zero-order valence-corrected chi connectivity index (χ0v) is 19.0. The predicted octanol–water partition coefficient (Wildman–Crippen LogP) is 5.02. The fourth-order valence-corrected chi connectivity index (χ4v) is 4.79. The van der Waals surface area contributed by atoms with E-state index in [1.807, 2.05) is 24.4 Å². The Kier molecular flexibility index (Phi) is 7.05. The van der Waals surface area contributed by atoms with Crippen molar-refractivity contribution in [1.82, 2.24) is 14.9 Å². The average molecular weight is 488 g/mol. The predicted molar refractivity (Wildman–Crippen MR) is 126 cm³/mol. The summed E-state index contributed by atoms with van der Waals surface area (Å²) in [5, 5.41) is 5.61. The second-order valence-corrected chi connectivity index (χ2v) is 8.94. The van der Waals surface area contributed by atoms with Gasteiger partial charge in [0.05, 0.1) is 28.4 Å². The SMILES string of the molecule is CC(NC(=O)CSc1nc2ccccc2c(=O)n1-c1ccc(OC(F)F)cc1)c1cccs1. The van der Waals surface area contributed by atoms with Gasteiger partial charge in [-0.1, -0.05) is 30.0 Å². The normalized spacial score (nSPS) is 12.1. The van der Waals surface area contributed by atoms with E-state index in [9.17, 15) is 18.4 Å². The van der Waals surface area contributed by atoms with Crippen LogP contribution in [-0.2, 0) is 4.79 Å². The number of hydrogen-bond donors (Lipinski definition) is 1. The molecule has 0 aliphatic heterocycles. The van der Waals surface area contributed by atoms with Gasteiger partial charge < -0.3 is 10.1 Å². The molecular formula is C23H19F2N3O3S2. The smallest absolute Gasteiger partial charge is 0.387 e. The number of thioether (sulfide) groups is 1. The summed E-state index contributed by atoms with van der Waals surface area (Å²) in [5.74, 6) is -0.171. The summed E-state index contributed by atoms with van der Waals surface area (Å²) in [7, 11) is 0. The van der Waals surface area contributed by atoms with Crippen molar-refractivity contribution in [2.75, 3.05) is 5.75 Å². The summed E-state index contributed by atoms with van der Waals surface area (Å²) in [6, 6.07) is 16.4. The van der Waals surface area contributed by atoms with Crippen molar-refractivity contribution in [1.29, 1.82) is 0 Å². The van der Waals surface area contributed by atoms with Crippen molar-refractivity contribution >= 4 is 39.9 Å². The number of ether oxygens (including phenoxy) is 1. The van der Waals surface area contributed by atoms with E-state index in [-0.39, 0.29) is 29.0 Å². The van der Waals surface area contributed by atoms with Crippen LogP contribution in [0.15, 0.2) is 76.0 Å². The average Bonchev–Trinajstić information content (AvgIpc) is 3.33. The van der Waals surface area contributed by atoms with Gasteiger partial charge in [-0.3, -0.25) is 14.2 Å². The molecular weight excluding hydrogens is 468 g/mol. The van der Waals surface area contributed by atoms with E-state index in [1.54, 1.807) is 35.6 Å². The lowest BCUT2D eigenvalue weighted by Crippen LogP contribution is -2.28. The highest BCUT2D eigenvalue weighted by atomic mass is 32.2. The standard InChI is InChI=1S/C23H19F2N3O3S2/c1-14(19-7-4-12-32-19)26-20(29)13-33-23-27-18-6-3-2-5-17(18)21(30)28(23)15-8-10-16(11-9-15)31-22(24)25/h2-12,14,22H,13H2,1H3,(H,26,29). The number of para-hydroxylation sites is 1. The second kappa shape index (κ2) is 10.1. The first kappa shape index (κ1) is 22.9. The maximum absolute atomic E-state index is 13.2. The number of amides is 1. The molecule has 0 fully saturated rings. The fraction of sp³-hybridized carbons (Fsp3) is 0.174. The molecule has 0 saturated carbocycles. The van der Waals surface area contributed by atoms with Crippen molar-refractivity contribution < 1.29 is 18.3 Å². The Hall–Kier alpha value is -3.24. The zero-order chi connectivity index (χ0) is 23.4. The highest BCUT2D eigenvalue weighted by Gasteiger charge is 2.16. The number of hydrogen-bond acceptors (Lipinski definition) is 6. The number of carbonyl (C=O) groups excluding carboxylic acids is 1. The van der Waals surface area contributed by atoms with Crippen molar-refractivity contribution in [3.8, 4) is 11.4 Å². The van der Waals surface area contributed by atoms with Gasteiger partial charge in [-0.2, -0.15) is 8.78 Å². The van der Waals surface area contributed by atoms with E-state index in [2.05, 4.69) is 15.0 Å². The number of benzene rings is 2. The van der Waals surface area contributed by atoms with Crippen LogP contribution in [0.25, 0.3) is 16.6 Å². The zero-order valence-electron chi connectivity index (χ0n) is 17.4. The summed E-state index contributed by atoms with van der Waals surface area (Å²) < 4.78 is 30.7. The maximum Gasteiger partial charge on any atom is 0.387 e. The fourth-order valence-electron chi connectivity index (χ4n) is 3.24. The molecule has 2 aromatic heterocycles. The third-order valence-electron chi connectivity index (χ3n) is 4.74. The van der Waals surface area contributed by atoms with E-state index in [0.717, 1.165) is 16.6 Å². The molecule has 1 unspecified atom stereocenters. The molecule has 2 aromatic carbocycles. The third-order valence-corrected chi connectivity index (χ3v) is 6.74. The van der Waals surface area contributed by atoms with Gasteiger partial charge in [-0.15, -0.1) is 11.3 Å². The van der Waals surface area contributed by atoms with Gasteiger partial charge in [0.25, 0.3) is 5.56 Å². The summed E-state index contributed by atoms with van der Waals surface area (Å²) in [6.07, 6.45) is 0. The molecule has 0 saturated heterocycles. The number of alkyl halides is 2. The van der Waals surface area contributed by atoms with Gasteiger partial charge in [-0.25, -0.2) is 4.98 Å². The molecule has 1 amide bonds. The van der Waals surface area contributed by atoms with E-state index in [0.29, 0.717) is 21.7 Å². The van der Waals surface area contributed by atoms with Gasteiger partial charge in [0.2, 0.25) is 5.91 Å². The van der Waals surface area contributed by atoms with Gasteiger partial charge in [0, 0.05) is 4.88 Å². The molecule has 0 bridgehead atoms. The minimum atomic E-state index is -2.94. The van der Waals surface area contributed by atoms with Crippen LogP contribution in [0.5, 0.6) is 5.75 Å². The molecule has 0 spiro atoms. The lowest BCUT2D eigenvalue weighted by atomic mass is 10.2. The highest BCUT2D eigenvalue weighted by Crippen LogP contribution is 2.24. The first-order valence-electron chi connectivity index (χ1n) is 9.95. The van der Waals surface area contributed by atoms with E-state index < -0.39 is 6.61 Å². The van der Waals surface area contributed by atoms with E-state index in [4.69, 9.17) is 0 Å². The molecule has 1 N–H and O–H groups in total. The maximum atomic E-state index is 13.2. The molecule has 33 heavy (non-hydrogen) atoms. The Labute approximate surface area is 196 Å². The van der Waals surface area contributed by atoms with Crippen molar-refractivity contribution in [3.63, 3.8) is 0 Å². The van der Waals surface area contributed by atoms with Gasteiger partial charge in [0.1, 0.15) is 5.75 Å². The Morgan fingerprint density at radius 1 is 1.15 bits per heavy atom. The van der Waals surface area contributed by atoms with Gasteiger partial charge in [-0.05, 0) is 54.8 Å². The van der Waals surface area contributed by atoms with E-state index >= 15 is 0 Å². The molecule has 1 atom stereocenters. The molecule has 170 valence electrons. The van der Waals surface area contributed by atoms with Crippen LogP contribution in [0, 0.1) is 0 Å². The summed E-state index contributed by atoms with van der Waals surface area (Å²) in [4.78, 5) is 31.4. The van der Waals surface area contributed by atoms with Gasteiger partial charge in [0.15, 0.2) is 5.16 Å². The number of thiophene rings is 1. The van der Waals surface area contributed by atoms with Crippen molar-refractivity contribution in [2.45, 2.75) is 24.7 Å². The Morgan fingerprint density at radius 2 is 1.91 bits per heavy atom. The van der Waals surface area contributed by atoms with Crippen LogP contribution in [0.1, 0.15) is 17.8 Å². The number of rotatable bonds is 8. The number of carbonyl (C=O) groups is 1. The minimum Gasteiger partial charge on any atom is -0.435 e. The first-order valence-corrected chi connectivity index (χ1v) is 11.8. The van der Waals surface area contributed by atoms with Crippen LogP contribution in [0.2, 0.25) is 0 Å². The van der Waals surface area contributed by atoms with Crippen molar-refractivity contribution in [2.24, 2.45) is 0 Å². The molecule has 10 heteroatoms. The Balaban J connectivity index is 1.62. The summed E-state index contributed by atoms with van der Waals surface area (Å²) >= 11 is 2.68. The van der Waals surface area contributed by atoms with Crippen LogP contribution in [0.4, 0.5) is 8.78 Å².